The lowest BCUT2D eigenvalue weighted by Gasteiger charge is -2.07. The molecule has 0 bridgehead atoms. The van der Waals surface area contributed by atoms with Crippen LogP contribution in [0.3, 0.4) is 0 Å². The van der Waals surface area contributed by atoms with Gasteiger partial charge in [-0.15, -0.1) is 0 Å². The van der Waals surface area contributed by atoms with Crippen LogP contribution >= 0.6 is 11.8 Å². The number of nitrogens with two attached hydrogens (primary N) is 1. The number of urea groups is 1. The van der Waals surface area contributed by atoms with Crippen molar-refractivity contribution in [2.45, 2.75) is 19.3 Å². The van der Waals surface area contributed by atoms with Gasteiger partial charge in [0.1, 0.15) is 0 Å². The minimum atomic E-state index is -0.162. The summed E-state index contributed by atoms with van der Waals surface area (Å²) in [5.41, 5.74) is 7.01. The van der Waals surface area contributed by atoms with E-state index >= 15 is 0 Å². The topological polar surface area (TPSA) is 67.2 Å². The zero-order chi connectivity index (χ0) is 13.2. The molecule has 0 aliphatic heterocycles. The van der Waals surface area contributed by atoms with Gasteiger partial charge in [0.15, 0.2) is 0 Å². The molecule has 0 atom stereocenters. The molecule has 1 aromatic rings. The maximum Gasteiger partial charge on any atom is 0.319 e. The van der Waals surface area contributed by atoms with Crippen molar-refractivity contribution in [3.8, 4) is 0 Å². The van der Waals surface area contributed by atoms with Gasteiger partial charge in [-0.1, -0.05) is 6.42 Å². The minimum Gasteiger partial charge on any atom is -0.399 e. The lowest BCUT2D eigenvalue weighted by atomic mass is 10.2. The Labute approximate surface area is 113 Å². The number of hydrogen-bond acceptors (Lipinski definition) is 3. The Kier molecular flexibility index (Phi) is 7.10. The number of amides is 2. The first-order valence-electron chi connectivity index (χ1n) is 6.11. The Morgan fingerprint density at radius 2 is 1.94 bits per heavy atom. The van der Waals surface area contributed by atoms with Crippen molar-refractivity contribution in [3.63, 3.8) is 0 Å². The molecule has 0 fully saturated rings. The summed E-state index contributed by atoms with van der Waals surface area (Å²) in [4.78, 5) is 11.5. The lowest BCUT2D eigenvalue weighted by Crippen LogP contribution is -2.29. The molecule has 5 heteroatoms. The normalized spacial score (nSPS) is 10.1. The molecule has 4 nitrogen and oxygen atoms in total. The third kappa shape index (κ3) is 6.39. The third-order valence-corrected chi connectivity index (χ3v) is 3.18. The highest BCUT2D eigenvalue weighted by molar-refractivity contribution is 7.98. The molecule has 0 saturated heterocycles. The van der Waals surface area contributed by atoms with Crippen LogP contribution in [0.25, 0.3) is 0 Å². The predicted octanol–water partition coefficient (Wildman–Crippen LogP) is 2.92. The Balaban J connectivity index is 2.12. The molecule has 0 heterocycles. The number of nitrogens with one attached hydrogen (secondary N) is 2. The van der Waals surface area contributed by atoms with Gasteiger partial charge >= 0.3 is 6.03 Å². The highest BCUT2D eigenvalue weighted by Crippen LogP contribution is 2.10. The third-order valence-electron chi connectivity index (χ3n) is 2.48. The summed E-state index contributed by atoms with van der Waals surface area (Å²) in [5.74, 6) is 1.19. The van der Waals surface area contributed by atoms with Crippen LogP contribution in [0.4, 0.5) is 16.2 Å². The number of nitrogen functional groups attached to an aromatic ring is 1. The molecule has 1 rings (SSSR count). The molecule has 4 N–H and O–H groups in total. The Morgan fingerprint density at radius 3 is 2.61 bits per heavy atom. The number of hydrogen-bond donors (Lipinski definition) is 3. The molecule has 0 saturated carbocycles. The smallest absolute Gasteiger partial charge is 0.319 e. The summed E-state index contributed by atoms with van der Waals surface area (Å²) in [6, 6.07) is 6.93. The number of thioether (sulfide) groups is 1. The number of unbranched alkanes of at least 4 members (excludes halogenated alkanes) is 2. The largest absolute Gasteiger partial charge is 0.399 e. The number of anilines is 2. The molecule has 0 aliphatic rings. The molecular formula is C13H21N3OS. The average molecular weight is 267 g/mol. The number of benzene rings is 1. The average Bonchev–Trinajstić information content (AvgIpc) is 2.36. The fourth-order valence-corrected chi connectivity index (χ4v) is 1.98. The first-order valence-corrected chi connectivity index (χ1v) is 7.51. The van der Waals surface area contributed by atoms with Crippen LogP contribution < -0.4 is 16.4 Å². The van der Waals surface area contributed by atoms with Crippen molar-refractivity contribution in [2.24, 2.45) is 0 Å². The van der Waals surface area contributed by atoms with Gasteiger partial charge in [-0.25, -0.2) is 4.79 Å². The molecule has 0 aromatic heterocycles. The van der Waals surface area contributed by atoms with E-state index in [0.29, 0.717) is 5.69 Å². The minimum absolute atomic E-state index is 0.162. The van der Waals surface area contributed by atoms with Crippen molar-refractivity contribution in [3.05, 3.63) is 24.3 Å². The number of carbonyl (C=O) groups excluding carboxylic acids is 1. The second kappa shape index (κ2) is 8.69. The van der Waals surface area contributed by atoms with E-state index in [1.807, 2.05) is 11.8 Å². The molecule has 1 aromatic carbocycles. The second-order valence-electron chi connectivity index (χ2n) is 4.06. The zero-order valence-electron chi connectivity index (χ0n) is 10.7. The maximum atomic E-state index is 11.5. The van der Waals surface area contributed by atoms with E-state index < -0.39 is 0 Å². The van der Waals surface area contributed by atoms with E-state index in [4.69, 9.17) is 5.73 Å². The van der Waals surface area contributed by atoms with Crippen LogP contribution in [0.15, 0.2) is 24.3 Å². The van der Waals surface area contributed by atoms with Crippen LogP contribution in [-0.4, -0.2) is 24.6 Å². The van der Waals surface area contributed by atoms with E-state index in [-0.39, 0.29) is 6.03 Å². The summed E-state index contributed by atoms with van der Waals surface area (Å²) in [6.07, 6.45) is 5.50. The van der Waals surface area contributed by atoms with Crippen molar-refractivity contribution in [1.82, 2.24) is 5.32 Å². The van der Waals surface area contributed by atoms with Gasteiger partial charge in [-0.05, 0) is 49.1 Å². The highest BCUT2D eigenvalue weighted by Gasteiger charge is 2.00. The second-order valence-corrected chi connectivity index (χ2v) is 5.04. The fraction of sp³-hybridized carbons (Fsp3) is 0.462. The van der Waals surface area contributed by atoms with Gasteiger partial charge in [0.25, 0.3) is 0 Å². The molecule has 0 aliphatic carbocycles. The predicted molar refractivity (Wildman–Crippen MR) is 80.1 cm³/mol. The fourth-order valence-electron chi connectivity index (χ4n) is 1.49. The van der Waals surface area contributed by atoms with Crippen molar-refractivity contribution < 1.29 is 4.79 Å². The summed E-state index contributed by atoms with van der Waals surface area (Å²) in [6.45, 7) is 0.717. The molecule has 0 radical (unpaired) electrons. The van der Waals surface area contributed by atoms with Crippen LogP contribution in [0.2, 0.25) is 0 Å². The molecular weight excluding hydrogens is 246 g/mol. The first kappa shape index (κ1) is 14.7. The van der Waals surface area contributed by atoms with E-state index in [1.165, 1.54) is 12.2 Å². The highest BCUT2D eigenvalue weighted by atomic mass is 32.2. The van der Waals surface area contributed by atoms with Gasteiger partial charge in [0.2, 0.25) is 0 Å². The van der Waals surface area contributed by atoms with Crippen molar-refractivity contribution in [1.29, 1.82) is 0 Å². The molecule has 2 amide bonds. The summed E-state index contributed by atoms with van der Waals surface area (Å²) < 4.78 is 0. The van der Waals surface area contributed by atoms with Crippen LogP contribution in [0.5, 0.6) is 0 Å². The Hall–Kier alpha value is -1.36. The van der Waals surface area contributed by atoms with E-state index in [9.17, 15) is 4.79 Å². The molecule has 0 unspecified atom stereocenters. The summed E-state index contributed by atoms with van der Waals surface area (Å²) >= 11 is 1.86. The van der Waals surface area contributed by atoms with Crippen molar-refractivity contribution >= 4 is 29.2 Å². The van der Waals surface area contributed by atoms with Crippen LogP contribution in [0.1, 0.15) is 19.3 Å². The quantitative estimate of drug-likeness (QED) is 0.525. The van der Waals surface area contributed by atoms with Gasteiger partial charge in [-0.3, -0.25) is 0 Å². The molecule has 0 spiro atoms. The summed E-state index contributed by atoms with van der Waals surface area (Å²) in [5, 5.41) is 5.60. The molecule has 100 valence electrons. The van der Waals surface area contributed by atoms with E-state index in [2.05, 4.69) is 16.9 Å². The molecule has 18 heavy (non-hydrogen) atoms. The zero-order valence-corrected chi connectivity index (χ0v) is 11.6. The number of carbonyl (C=O) groups is 1. The SMILES string of the molecule is CSCCCCCNC(=O)Nc1ccc(N)cc1. The van der Waals surface area contributed by atoms with Gasteiger partial charge in [-0.2, -0.15) is 11.8 Å². The van der Waals surface area contributed by atoms with Crippen LogP contribution in [0, 0.1) is 0 Å². The Bertz CT molecular complexity index is 354. The Morgan fingerprint density at radius 1 is 1.22 bits per heavy atom. The number of rotatable bonds is 7. The maximum absolute atomic E-state index is 11.5. The first-order chi connectivity index (χ1) is 8.72. The van der Waals surface area contributed by atoms with Gasteiger partial charge in [0.05, 0.1) is 0 Å². The van der Waals surface area contributed by atoms with E-state index in [1.54, 1.807) is 24.3 Å². The summed E-state index contributed by atoms with van der Waals surface area (Å²) in [7, 11) is 0. The standard InChI is InChI=1S/C13H21N3OS/c1-18-10-4-2-3-9-15-13(17)16-12-7-5-11(14)6-8-12/h5-8H,2-4,9-10,14H2,1H3,(H2,15,16,17). The van der Waals surface area contributed by atoms with Crippen LogP contribution in [-0.2, 0) is 0 Å². The van der Waals surface area contributed by atoms with Gasteiger partial charge < -0.3 is 16.4 Å². The van der Waals surface area contributed by atoms with E-state index in [0.717, 1.165) is 25.1 Å². The monoisotopic (exact) mass is 267 g/mol. The van der Waals surface area contributed by atoms with Gasteiger partial charge in [0, 0.05) is 17.9 Å². The lowest BCUT2D eigenvalue weighted by molar-refractivity contribution is 0.252. The van der Waals surface area contributed by atoms with Crippen molar-refractivity contribution in [2.75, 3.05) is 29.6 Å².